The van der Waals surface area contributed by atoms with Gasteiger partial charge in [-0.3, -0.25) is 4.68 Å². The molecule has 0 saturated carbocycles. The molecule has 98 valence electrons. The first-order valence-electron chi connectivity index (χ1n) is 6.30. The Bertz CT molecular complexity index is 296. The maximum Gasteiger partial charge on any atom is 0.157 e. The maximum atomic E-state index is 5.53. The first-order chi connectivity index (χ1) is 8.26. The highest BCUT2D eigenvalue weighted by Crippen LogP contribution is 2.05. The molecule has 1 N–H and O–H groups in total. The molecule has 0 aliphatic heterocycles. The largest absolute Gasteiger partial charge is 0.489 e. The van der Waals surface area contributed by atoms with E-state index in [9.17, 15) is 0 Å². The summed E-state index contributed by atoms with van der Waals surface area (Å²) in [5.74, 6) is 0.832. The van der Waals surface area contributed by atoms with Gasteiger partial charge in [-0.1, -0.05) is 13.8 Å². The minimum atomic E-state index is 0.684. The van der Waals surface area contributed by atoms with Crippen LogP contribution >= 0.6 is 0 Å². The monoisotopic (exact) mass is 240 g/mol. The van der Waals surface area contributed by atoms with Crippen molar-refractivity contribution in [3.05, 3.63) is 12.4 Å². The van der Waals surface area contributed by atoms with Gasteiger partial charge in [0.2, 0.25) is 0 Å². The first kappa shape index (κ1) is 14.0. The zero-order valence-electron chi connectivity index (χ0n) is 11.1. The predicted octanol–water partition coefficient (Wildman–Crippen LogP) is 0.730. The van der Waals surface area contributed by atoms with Gasteiger partial charge in [-0.15, -0.1) is 0 Å². The van der Waals surface area contributed by atoms with E-state index in [-0.39, 0.29) is 0 Å². The van der Waals surface area contributed by atoms with Gasteiger partial charge in [0.05, 0.1) is 12.4 Å². The van der Waals surface area contributed by atoms with Crippen LogP contribution in [0.5, 0.6) is 5.75 Å². The van der Waals surface area contributed by atoms with Crippen molar-refractivity contribution in [2.45, 2.75) is 13.8 Å². The summed E-state index contributed by atoms with van der Waals surface area (Å²) in [6.45, 7) is 10.3. The second kappa shape index (κ2) is 8.08. The summed E-state index contributed by atoms with van der Waals surface area (Å²) in [7, 11) is 1.88. The Balaban J connectivity index is 1.97. The molecule has 1 rings (SSSR count). The van der Waals surface area contributed by atoms with Crippen LogP contribution in [0.1, 0.15) is 13.8 Å². The molecule has 0 atom stereocenters. The van der Waals surface area contributed by atoms with Crippen LogP contribution in [0.15, 0.2) is 12.4 Å². The molecule has 1 heterocycles. The van der Waals surface area contributed by atoms with Gasteiger partial charge in [0.1, 0.15) is 6.61 Å². The highest BCUT2D eigenvalue weighted by atomic mass is 16.5. The molecule has 0 fully saturated rings. The van der Waals surface area contributed by atoms with Crippen molar-refractivity contribution in [1.82, 2.24) is 20.0 Å². The molecule has 0 bridgehead atoms. The Kier molecular flexibility index (Phi) is 6.65. The third kappa shape index (κ3) is 5.70. The fourth-order valence-corrected chi connectivity index (χ4v) is 1.62. The lowest BCUT2D eigenvalue weighted by Crippen LogP contribution is -2.33. The molecule has 1 aromatic rings. The van der Waals surface area contributed by atoms with Crippen LogP contribution in [-0.4, -0.2) is 54.0 Å². The number of ether oxygens (including phenoxy) is 1. The smallest absolute Gasteiger partial charge is 0.157 e. The molecule has 0 spiro atoms. The molecule has 5 nitrogen and oxygen atoms in total. The summed E-state index contributed by atoms with van der Waals surface area (Å²) in [6, 6.07) is 0. The van der Waals surface area contributed by atoms with E-state index in [1.165, 1.54) is 0 Å². The van der Waals surface area contributed by atoms with Crippen molar-refractivity contribution in [2.24, 2.45) is 7.05 Å². The van der Waals surface area contributed by atoms with Crippen molar-refractivity contribution in [1.29, 1.82) is 0 Å². The van der Waals surface area contributed by atoms with Crippen molar-refractivity contribution in [2.75, 3.05) is 39.3 Å². The van der Waals surface area contributed by atoms with Gasteiger partial charge in [-0.25, -0.2) is 0 Å². The molecule has 0 unspecified atom stereocenters. The number of hydrogen-bond donors (Lipinski definition) is 1. The molecule has 0 aliphatic carbocycles. The molecule has 0 amide bonds. The molecule has 0 radical (unpaired) electrons. The Labute approximate surface area is 104 Å². The Morgan fingerprint density at radius 2 is 2.12 bits per heavy atom. The van der Waals surface area contributed by atoms with Crippen LogP contribution in [0.3, 0.4) is 0 Å². The average molecular weight is 240 g/mol. The van der Waals surface area contributed by atoms with Crippen molar-refractivity contribution in [3.63, 3.8) is 0 Å². The maximum absolute atomic E-state index is 5.53. The van der Waals surface area contributed by atoms with Gasteiger partial charge in [0.15, 0.2) is 5.75 Å². The van der Waals surface area contributed by atoms with Crippen LogP contribution in [0, 0.1) is 0 Å². The van der Waals surface area contributed by atoms with E-state index in [1.54, 1.807) is 10.9 Å². The number of aromatic nitrogens is 2. The van der Waals surface area contributed by atoms with Gasteiger partial charge >= 0.3 is 0 Å². The minimum absolute atomic E-state index is 0.684. The van der Waals surface area contributed by atoms with E-state index < -0.39 is 0 Å². The number of hydrogen-bond acceptors (Lipinski definition) is 4. The van der Waals surface area contributed by atoms with E-state index in [0.29, 0.717) is 6.61 Å². The van der Waals surface area contributed by atoms with E-state index in [0.717, 1.165) is 38.5 Å². The van der Waals surface area contributed by atoms with Crippen LogP contribution in [0.25, 0.3) is 0 Å². The predicted molar refractivity (Wildman–Crippen MR) is 69.4 cm³/mol. The molecule has 0 aromatic carbocycles. The third-order valence-electron chi connectivity index (χ3n) is 2.73. The van der Waals surface area contributed by atoms with Crippen LogP contribution in [-0.2, 0) is 7.05 Å². The lowest BCUT2D eigenvalue weighted by atomic mass is 10.4. The van der Waals surface area contributed by atoms with Crippen molar-refractivity contribution in [3.8, 4) is 5.75 Å². The van der Waals surface area contributed by atoms with Gasteiger partial charge in [-0.2, -0.15) is 5.10 Å². The number of nitrogens with one attached hydrogen (secondary N) is 1. The summed E-state index contributed by atoms with van der Waals surface area (Å²) in [4.78, 5) is 2.40. The molecule has 5 heteroatoms. The second-order valence-corrected chi connectivity index (χ2v) is 3.98. The summed E-state index contributed by atoms with van der Waals surface area (Å²) in [5.41, 5.74) is 0. The lowest BCUT2D eigenvalue weighted by Gasteiger charge is -2.17. The molecule has 1 aromatic heterocycles. The number of rotatable bonds is 9. The number of likely N-dealkylation sites (N-methyl/N-ethyl adjacent to an activating group) is 1. The molecular weight excluding hydrogens is 216 g/mol. The van der Waals surface area contributed by atoms with Crippen LogP contribution in [0.2, 0.25) is 0 Å². The second-order valence-electron chi connectivity index (χ2n) is 3.98. The van der Waals surface area contributed by atoms with Crippen LogP contribution < -0.4 is 10.1 Å². The van der Waals surface area contributed by atoms with Gasteiger partial charge in [0.25, 0.3) is 0 Å². The summed E-state index contributed by atoms with van der Waals surface area (Å²) < 4.78 is 7.27. The molecule has 0 aliphatic rings. The highest BCUT2D eigenvalue weighted by molar-refractivity contribution is 5.11. The SMILES string of the molecule is CCN(CC)CCNCCOc1cnn(C)c1. The molecule has 0 saturated heterocycles. The topological polar surface area (TPSA) is 42.3 Å². The average Bonchev–Trinajstić information content (AvgIpc) is 2.74. The zero-order valence-corrected chi connectivity index (χ0v) is 11.1. The Morgan fingerprint density at radius 1 is 1.35 bits per heavy atom. The highest BCUT2D eigenvalue weighted by Gasteiger charge is 1.98. The van der Waals surface area contributed by atoms with E-state index in [1.807, 2.05) is 13.2 Å². The Hall–Kier alpha value is -1.07. The third-order valence-corrected chi connectivity index (χ3v) is 2.73. The zero-order chi connectivity index (χ0) is 12.5. The summed E-state index contributed by atoms with van der Waals surface area (Å²) >= 11 is 0. The number of nitrogens with zero attached hydrogens (tertiary/aromatic N) is 3. The normalized spacial score (nSPS) is 11.1. The fraction of sp³-hybridized carbons (Fsp3) is 0.750. The van der Waals surface area contributed by atoms with E-state index >= 15 is 0 Å². The van der Waals surface area contributed by atoms with E-state index in [4.69, 9.17) is 4.74 Å². The standard InChI is InChI=1S/C12H24N4O/c1-4-16(5-2)8-6-13-7-9-17-12-10-14-15(3)11-12/h10-11,13H,4-9H2,1-3H3. The van der Waals surface area contributed by atoms with Crippen molar-refractivity contribution < 1.29 is 4.74 Å². The van der Waals surface area contributed by atoms with Gasteiger partial charge in [0, 0.05) is 26.7 Å². The van der Waals surface area contributed by atoms with E-state index in [2.05, 4.69) is 29.2 Å². The molecular formula is C12H24N4O. The van der Waals surface area contributed by atoms with Crippen LogP contribution in [0.4, 0.5) is 0 Å². The summed E-state index contributed by atoms with van der Waals surface area (Å²) in [6.07, 6.45) is 3.60. The van der Waals surface area contributed by atoms with Crippen molar-refractivity contribution >= 4 is 0 Å². The Morgan fingerprint density at radius 3 is 2.71 bits per heavy atom. The minimum Gasteiger partial charge on any atom is -0.489 e. The van der Waals surface area contributed by atoms with Gasteiger partial charge in [-0.05, 0) is 13.1 Å². The van der Waals surface area contributed by atoms with Gasteiger partial charge < -0.3 is 15.0 Å². The first-order valence-corrected chi connectivity index (χ1v) is 6.30. The quantitative estimate of drug-likeness (QED) is 0.646. The summed E-state index contributed by atoms with van der Waals surface area (Å²) in [5, 5.41) is 7.41. The molecule has 17 heavy (non-hydrogen) atoms. The lowest BCUT2D eigenvalue weighted by molar-refractivity contribution is 0.285. The fourth-order valence-electron chi connectivity index (χ4n) is 1.62. The number of aryl methyl sites for hydroxylation is 1.